The molecule has 1 amide bonds. The highest BCUT2D eigenvalue weighted by molar-refractivity contribution is 9.10. The minimum Gasteiger partial charge on any atom is -0.334 e. The van der Waals surface area contributed by atoms with Crippen molar-refractivity contribution in [2.45, 2.75) is 13.5 Å². The third kappa shape index (κ3) is 3.24. The van der Waals surface area contributed by atoms with E-state index in [4.69, 9.17) is 0 Å². The van der Waals surface area contributed by atoms with Gasteiger partial charge in [0.2, 0.25) is 0 Å². The van der Waals surface area contributed by atoms with Crippen molar-refractivity contribution in [3.05, 3.63) is 56.2 Å². The van der Waals surface area contributed by atoms with Crippen LogP contribution in [0.15, 0.2) is 34.1 Å². The summed E-state index contributed by atoms with van der Waals surface area (Å²) in [5.41, 5.74) is 0.562. The van der Waals surface area contributed by atoms with E-state index in [1.165, 1.54) is 17.4 Å². The average Bonchev–Trinajstić information content (AvgIpc) is 2.85. The van der Waals surface area contributed by atoms with Crippen LogP contribution in [0.3, 0.4) is 0 Å². The Labute approximate surface area is 128 Å². The van der Waals surface area contributed by atoms with Crippen molar-refractivity contribution in [3.8, 4) is 0 Å². The Morgan fingerprint density at radius 3 is 2.60 bits per heavy atom. The third-order valence-corrected chi connectivity index (χ3v) is 4.66. The Bertz CT molecular complexity index is 629. The molecule has 1 heterocycles. The fraction of sp³-hybridized carbons (Fsp3) is 0.214. The third-order valence-electron chi connectivity index (χ3n) is 2.84. The van der Waals surface area contributed by atoms with Crippen LogP contribution in [0.5, 0.6) is 0 Å². The fourth-order valence-electron chi connectivity index (χ4n) is 1.78. The number of amides is 1. The number of rotatable bonds is 4. The smallest absolute Gasteiger partial charge is 0.265 e. The van der Waals surface area contributed by atoms with Crippen molar-refractivity contribution in [2.75, 3.05) is 6.54 Å². The Morgan fingerprint density at radius 1 is 1.30 bits per heavy atom. The van der Waals surface area contributed by atoms with Crippen molar-refractivity contribution in [3.63, 3.8) is 0 Å². The van der Waals surface area contributed by atoms with Crippen LogP contribution < -0.4 is 0 Å². The van der Waals surface area contributed by atoms with E-state index in [9.17, 15) is 13.6 Å². The quantitative estimate of drug-likeness (QED) is 0.789. The van der Waals surface area contributed by atoms with Crippen molar-refractivity contribution in [1.82, 2.24) is 4.90 Å². The van der Waals surface area contributed by atoms with Gasteiger partial charge in [0.25, 0.3) is 5.91 Å². The van der Waals surface area contributed by atoms with Gasteiger partial charge >= 0.3 is 0 Å². The van der Waals surface area contributed by atoms with Gasteiger partial charge in [-0.2, -0.15) is 0 Å². The first-order valence-corrected chi connectivity index (χ1v) is 7.66. The van der Waals surface area contributed by atoms with Gasteiger partial charge < -0.3 is 4.90 Å². The lowest BCUT2D eigenvalue weighted by Crippen LogP contribution is -2.30. The molecule has 2 rings (SSSR count). The molecular formula is C14H12BrF2NOS. The largest absolute Gasteiger partial charge is 0.334 e. The number of thiophene rings is 1. The Morgan fingerprint density at radius 2 is 2.05 bits per heavy atom. The SMILES string of the molecule is CCN(Cc1ccc(F)c(F)c1)C(=O)c1sccc1Br. The van der Waals surface area contributed by atoms with Gasteiger partial charge in [-0.3, -0.25) is 4.79 Å². The van der Waals surface area contributed by atoms with Crippen LogP contribution in [0.2, 0.25) is 0 Å². The van der Waals surface area contributed by atoms with Crippen LogP contribution >= 0.6 is 27.3 Å². The van der Waals surface area contributed by atoms with E-state index in [1.807, 2.05) is 18.4 Å². The monoisotopic (exact) mass is 359 g/mol. The molecule has 0 unspecified atom stereocenters. The molecule has 0 N–H and O–H groups in total. The van der Waals surface area contributed by atoms with Crippen LogP contribution in [-0.2, 0) is 6.54 Å². The second-order valence-corrected chi connectivity index (χ2v) is 5.94. The first-order chi connectivity index (χ1) is 9.52. The van der Waals surface area contributed by atoms with Gasteiger partial charge in [0.1, 0.15) is 4.88 Å². The van der Waals surface area contributed by atoms with Gasteiger partial charge in [-0.25, -0.2) is 8.78 Å². The summed E-state index contributed by atoms with van der Waals surface area (Å²) in [6, 6.07) is 5.49. The first kappa shape index (κ1) is 15.1. The maximum absolute atomic E-state index is 13.2. The van der Waals surface area contributed by atoms with Gasteiger partial charge in [0.05, 0.1) is 0 Å². The maximum Gasteiger partial charge on any atom is 0.265 e. The maximum atomic E-state index is 13.2. The number of hydrogen-bond donors (Lipinski definition) is 0. The summed E-state index contributed by atoms with van der Waals surface area (Å²) in [4.78, 5) is 14.5. The summed E-state index contributed by atoms with van der Waals surface area (Å²) in [5.74, 6) is -1.91. The number of hydrogen-bond acceptors (Lipinski definition) is 2. The van der Waals surface area contributed by atoms with Crippen LogP contribution in [0.4, 0.5) is 8.78 Å². The zero-order chi connectivity index (χ0) is 14.7. The number of benzene rings is 1. The summed E-state index contributed by atoms with van der Waals surface area (Å²) < 4.78 is 26.8. The number of nitrogens with zero attached hydrogens (tertiary/aromatic N) is 1. The number of halogens is 3. The van der Waals surface area contributed by atoms with Gasteiger partial charge in [-0.05, 0) is 52.0 Å². The molecule has 1 aromatic carbocycles. The van der Waals surface area contributed by atoms with E-state index < -0.39 is 11.6 Å². The zero-order valence-electron chi connectivity index (χ0n) is 10.7. The molecule has 0 radical (unpaired) electrons. The minimum absolute atomic E-state index is 0.126. The molecule has 20 heavy (non-hydrogen) atoms. The Balaban J connectivity index is 2.18. The van der Waals surface area contributed by atoms with Crippen LogP contribution in [0.1, 0.15) is 22.2 Å². The second-order valence-electron chi connectivity index (χ2n) is 4.17. The van der Waals surface area contributed by atoms with Gasteiger partial charge in [-0.1, -0.05) is 6.07 Å². The Hall–Kier alpha value is -1.27. The average molecular weight is 360 g/mol. The lowest BCUT2D eigenvalue weighted by molar-refractivity contribution is 0.0756. The molecule has 1 aromatic heterocycles. The number of carbonyl (C=O) groups excluding carboxylic acids is 1. The first-order valence-electron chi connectivity index (χ1n) is 5.99. The fourth-order valence-corrected chi connectivity index (χ4v) is 3.28. The van der Waals surface area contributed by atoms with Crippen molar-refractivity contribution >= 4 is 33.2 Å². The van der Waals surface area contributed by atoms with Gasteiger partial charge in [0, 0.05) is 17.6 Å². The predicted octanol–water partition coefficient (Wildman–Crippen LogP) is 4.45. The summed E-state index contributed by atoms with van der Waals surface area (Å²) in [5, 5.41) is 1.82. The summed E-state index contributed by atoms with van der Waals surface area (Å²) in [6.45, 7) is 2.58. The van der Waals surface area contributed by atoms with E-state index >= 15 is 0 Å². The molecule has 0 aliphatic carbocycles. The van der Waals surface area contributed by atoms with Gasteiger partial charge in [0.15, 0.2) is 11.6 Å². The minimum atomic E-state index is -0.900. The molecule has 0 bridgehead atoms. The molecule has 2 nitrogen and oxygen atoms in total. The van der Waals surface area contributed by atoms with Crippen LogP contribution in [0.25, 0.3) is 0 Å². The molecule has 6 heteroatoms. The normalized spacial score (nSPS) is 10.6. The lowest BCUT2D eigenvalue weighted by atomic mass is 10.2. The highest BCUT2D eigenvalue weighted by atomic mass is 79.9. The van der Waals surface area contributed by atoms with Gasteiger partial charge in [-0.15, -0.1) is 11.3 Å². The van der Waals surface area contributed by atoms with E-state index in [0.717, 1.165) is 16.6 Å². The second kappa shape index (κ2) is 6.45. The molecule has 0 fully saturated rings. The summed E-state index contributed by atoms with van der Waals surface area (Å²) in [6.07, 6.45) is 0. The molecule has 0 spiro atoms. The van der Waals surface area contributed by atoms with Crippen molar-refractivity contribution in [1.29, 1.82) is 0 Å². The molecule has 0 aliphatic rings. The van der Waals surface area contributed by atoms with Crippen molar-refractivity contribution in [2.24, 2.45) is 0 Å². The molecule has 0 saturated heterocycles. The van der Waals surface area contributed by atoms with Crippen molar-refractivity contribution < 1.29 is 13.6 Å². The topological polar surface area (TPSA) is 20.3 Å². The molecule has 2 aromatic rings. The summed E-state index contributed by atoms with van der Waals surface area (Å²) in [7, 11) is 0. The molecule has 0 atom stereocenters. The Kier molecular flexibility index (Phi) is 4.88. The van der Waals surface area contributed by atoms with E-state index in [0.29, 0.717) is 17.0 Å². The van der Waals surface area contributed by atoms with E-state index in [-0.39, 0.29) is 12.5 Å². The molecule has 0 aliphatic heterocycles. The van der Waals surface area contributed by atoms with Crippen LogP contribution in [-0.4, -0.2) is 17.4 Å². The molecule has 106 valence electrons. The molecular weight excluding hydrogens is 348 g/mol. The number of carbonyl (C=O) groups is 1. The zero-order valence-corrected chi connectivity index (χ0v) is 13.1. The van der Waals surface area contributed by atoms with E-state index in [2.05, 4.69) is 15.9 Å². The highest BCUT2D eigenvalue weighted by Crippen LogP contribution is 2.25. The summed E-state index contributed by atoms with van der Waals surface area (Å²) >= 11 is 4.67. The van der Waals surface area contributed by atoms with E-state index in [1.54, 1.807) is 4.90 Å². The van der Waals surface area contributed by atoms with Crippen LogP contribution in [0, 0.1) is 11.6 Å². The highest BCUT2D eigenvalue weighted by Gasteiger charge is 2.18. The lowest BCUT2D eigenvalue weighted by Gasteiger charge is -2.20. The molecule has 0 saturated carbocycles. The predicted molar refractivity (Wildman–Crippen MR) is 78.8 cm³/mol. The standard InChI is InChI=1S/C14H12BrF2NOS/c1-2-18(14(19)13-10(15)5-6-20-13)8-9-3-4-11(16)12(17)7-9/h3-7H,2,8H2,1H3.